The quantitative estimate of drug-likeness (QED) is 0.320. The molecule has 0 saturated carbocycles. The topological polar surface area (TPSA) is 85.2 Å². The fourth-order valence-electron chi connectivity index (χ4n) is 3.76. The minimum atomic E-state index is -0.245. The Bertz CT molecular complexity index is 1290. The first-order chi connectivity index (χ1) is 17.5. The fourth-order valence-corrected chi connectivity index (χ4v) is 3.76. The molecular formula is C29H30N4O3. The predicted molar refractivity (Wildman–Crippen MR) is 141 cm³/mol. The largest absolute Gasteiger partial charge is 0.497 e. The van der Waals surface area contributed by atoms with Crippen LogP contribution in [-0.4, -0.2) is 28.5 Å². The van der Waals surface area contributed by atoms with Crippen molar-refractivity contribution in [3.63, 3.8) is 0 Å². The molecule has 0 unspecified atom stereocenters. The van der Waals surface area contributed by atoms with Gasteiger partial charge in [0, 0.05) is 30.5 Å². The second-order valence-electron chi connectivity index (χ2n) is 8.53. The van der Waals surface area contributed by atoms with Gasteiger partial charge in [0.2, 0.25) is 5.91 Å². The lowest BCUT2D eigenvalue weighted by atomic mass is 10.1. The number of carbonyl (C=O) groups is 2. The number of benzene rings is 3. The molecule has 0 aliphatic heterocycles. The molecule has 1 heterocycles. The smallest absolute Gasteiger partial charge is 0.275 e. The molecule has 1 aromatic heterocycles. The SMILES string of the molecule is CCc1ccc(NC(=O)c2cn(Cc3ccc(NC(=O)CCc4ccc(OC)cc4)cc3)cn2)cc1. The normalized spacial score (nSPS) is 10.6. The molecule has 7 heteroatoms. The summed E-state index contributed by atoms with van der Waals surface area (Å²) >= 11 is 0. The summed E-state index contributed by atoms with van der Waals surface area (Å²) in [4.78, 5) is 29.1. The third-order valence-corrected chi connectivity index (χ3v) is 5.89. The van der Waals surface area contributed by atoms with E-state index in [1.165, 1.54) is 5.56 Å². The van der Waals surface area contributed by atoms with Crippen molar-refractivity contribution in [2.45, 2.75) is 32.7 Å². The number of anilines is 2. The molecule has 3 aromatic carbocycles. The molecule has 4 rings (SSSR count). The van der Waals surface area contributed by atoms with E-state index in [4.69, 9.17) is 4.74 Å². The van der Waals surface area contributed by atoms with Gasteiger partial charge >= 0.3 is 0 Å². The van der Waals surface area contributed by atoms with Gasteiger partial charge in [-0.3, -0.25) is 9.59 Å². The summed E-state index contributed by atoms with van der Waals surface area (Å²) in [5.41, 5.74) is 5.19. The first kappa shape index (κ1) is 24.7. The number of rotatable bonds is 10. The number of hydrogen-bond donors (Lipinski definition) is 2. The maximum atomic E-state index is 12.5. The number of ether oxygens (including phenoxy) is 1. The van der Waals surface area contributed by atoms with Crippen molar-refractivity contribution in [3.05, 3.63) is 108 Å². The number of hydrogen-bond acceptors (Lipinski definition) is 4. The van der Waals surface area contributed by atoms with Gasteiger partial charge < -0.3 is 19.9 Å². The summed E-state index contributed by atoms with van der Waals surface area (Å²) in [6.07, 6.45) is 5.39. The lowest BCUT2D eigenvalue weighted by Gasteiger charge is -2.08. The zero-order valence-electron chi connectivity index (χ0n) is 20.5. The first-order valence-corrected chi connectivity index (χ1v) is 12.0. The molecular weight excluding hydrogens is 452 g/mol. The van der Waals surface area contributed by atoms with Crippen LogP contribution in [0.4, 0.5) is 11.4 Å². The number of aromatic nitrogens is 2. The number of aryl methyl sites for hydroxylation is 2. The van der Waals surface area contributed by atoms with Gasteiger partial charge in [0.25, 0.3) is 5.91 Å². The highest BCUT2D eigenvalue weighted by atomic mass is 16.5. The van der Waals surface area contributed by atoms with Crippen LogP contribution in [0, 0.1) is 0 Å². The van der Waals surface area contributed by atoms with Gasteiger partial charge in [-0.25, -0.2) is 4.98 Å². The van der Waals surface area contributed by atoms with Crippen LogP contribution in [0.2, 0.25) is 0 Å². The number of methoxy groups -OCH3 is 1. The third-order valence-electron chi connectivity index (χ3n) is 5.89. The zero-order valence-corrected chi connectivity index (χ0v) is 20.5. The summed E-state index contributed by atoms with van der Waals surface area (Å²) in [6.45, 7) is 2.66. The Morgan fingerprint density at radius 3 is 2.08 bits per heavy atom. The van der Waals surface area contributed by atoms with Crippen molar-refractivity contribution in [2.75, 3.05) is 17.7 Å². The number of carbonyl (C=O) groups excluding carboxylic acids is 2. The molecule has 0 fully saturated rings. The minimum Gasteiger partial charge on any atom is -0.497 e. The average molecular weight is 483 g/mol. The molecule has 4 aromatic rings. The molecule has 0 radical (unpaired) electrons. The van der Waals surface area contributed by atoms with Crippen LogP contribution in [0.15, 0.2) is 85.3 Å². The highest BCUT2D eigenvalue weighted by Crippen LogP contribution is 2.15. The van der Waals surface area contributed by atoms with Crippen molar-refractivity contribution in [2.24, 2.45) is 0 Å². The van der Waals surface area contributed by atoms with Crippen LogP contribution in [-0.2, 0) is 24.2 Å². The fraction of sp³-hybridized carbons (Fsp3) is 0.207. The van der Waals surface area contributed by atoms with Crippen molar-refractivity contribution in [1.82, 2.24) is 9.55 Å². The summed E-state index contributed by atoms with van der Waals surface area (Å²) in [5.74, 6) is 0.523. The highest BCUT2D eigenvalue weighted by molar-refractivity contribution is 6.02. The van der Waals surface area contributed by atoms with Crippen LogP contribution >= 0.6 is 0 Å². The van der Waals surface area contributed by atoms with Gasteiger partial charge in [-0.2, -0.15) is 0 Å². The second kappa shape index (κ2) is 11.8. The molecule has 184 valence electrons. The Hall–Kier alpha value is -4.39. The van der Waals surface area contributed by atoms with Gasteiger partial charge in [-0.1, -0.05) is 43.3 Å². The maximum Gasteiger partial charge on any atom is 0.275 e. The Labute approximate surface area is 211 Å². The Balaban J connectivity index is 1.26. The van der Waals surface area contributed by atoms with Crippen molar-refractivity contribution in [3.8, 4) is 5.75 Å². The van der Waals surface area contributed by atoms with E-state index in [9.17, 15) is 9.59 Å². The monoisotopic (exact) mass is 482 g/mol. The maximum absolute atomic E-state index is 12.5. The summed E-state index contributed by atoms with van der Waals surface area (Å²) in [6, 6.07) is 23.2. The van der Waals surface area contributed by atoms with Gasteiger partial charge in [0.15, 0.2) is 0 Å². The van der Waals surface area contributed by atoms with E-state index in [-0.39, 0.29) is 11.8 Å². The van der Waals surface area contributed by atoms with E-state index in [2.05, 4.69) is 22.5 Å². The predicted octanol–water partition coefficient (Wildman–Crippen LogP) is 5.33. The molecule has 7 nitrogen and oxygen atoms in total. The summed E-state index contributed by atoms with van der Waals surface area (Å²) in [7, 11) is 1.63. The molecule has 2 N–H and O–H groups in total. The van der Waals surface area contributed by atoms with E-state index in [1.807, 2.05) is 77.4 Å². The Morgan fingerprint density at radius 2 is 1.44 bits per heavy atom. The van der Waals surface area contributed by atoms with Gasteiger partial charge in [0.05, 0.1) is 13.4 Å². The van der Waals surface area contributed by atoms with Crippen molar-refractivity contribution in [1.29, 1.82) is 0 Å². The molecule has 0 aliphatic rings. The van der Waals surface area contributed by atoms with Crippen LogP contribution in [0.1, 0.15) is 40.5 Å². The van der Waals surface area contributed by atoms with Crippen LogP contribution in [0.3, 0.4) is 0 Å². The Morgan fingerprint density at radius 1 is 0.833 bits per heavy atom. The van der Waals surface area contributed by atoms with Crippen LogP contribution in [0.5, 0.6) is 5.75 Å². The van der Waals surface area contributed by atoms with E-state index in [0.717, 1.165) is 34.7 Å². The second-order valence-corrected chi connectivity index (χ2v) is 8.53. The third kappa shape index (κ3) is 6.82. The summed E-state index contributed by atoms with van der Waals surface area (Å²) in [5, 5.41) is 5.82. The van der Waals surface area contributed by atoms with Gasteiger partial charge in [-0.05, 0) is 65.9 Å². The number of imidazole rings is 1. The number of nitrogens with one attached hydrogen (secondary N) is 2. The van der Waals surface area contributed by atoms with Crippen molar-refractivity contribution < 1.29 is 14.3 Å². The van der Waals surface area contributed by atoms with Crippen LogP contribution in [0.25, 0.3) is 0 Å². The standard InChI is InChI=1S/C29H30N4O3/c1-3-21-4-11-25(12-5-21)32-29(35)27-19-33(20-30-27)18-23-6-13-24(14-7-23)31-28(34)17-10-22-8-15-26(36-2)16-9-22/h4-9,11-16,19-20H,3,10,17-18H2,1-2H3,(H,31,34)(H,32,35). The molecule has 0 saturated heterocycles. The molecule has 0 aliphatic carbocycles. The van der Waals surface area contributed by atoms with Crippen molar-refractivity contribution >= 4 is 23.2 Å². The molecule has 2 amide bonds. The number of amides is 2. The first-order valence-electron chi connectivity index (χ1n) is 12.0. The lowest BCUT2D eigenvalue weighted by molar-refractivity contribution is -0.116. The molecule has 0 atom stereocenters. The molecule has 36 heavy (non-hydrogen) atoms. The zero-order chi connectivity index (χ0) is 25.3. The van der Waals surface area contributed by atoms with E-state index >= 15 is 0 Å². The average Bonchev–Trinajstić information content (AvgIpc) is 3.38. The van der Waals surface area contributed by atoms with E-state index in [1.54, 1.807) is 19.6 Å². The van der Waals surface area contributed by atoms with E-state index in [0.29, 0.717) is 25.1 Å². The summed E-state index contributed by atoms with van der Waals surface area (Å²) < 4.78 is 7.02. The van der Waals surface area contributed by atoms with Gasteiger partial charge in [0.1, 0.15) is 11.4 Å². The lowest BCUT2D eigenvalue weighted by Crippen LogP contribution is -2.12. The number of nitrogens with zero attached hydrogens (tertiary/aromatic N) is 2. The molecule has 0 bridgehead atoms. The van der Waals surface area contributed by atoms with Gasteiger partial charge in [-0.15, -0.1) is 0 Å². The highest BCUT2D eigenvalue weighted by Gasteiger charge is 2.10. The minimum absolute atomic E-state index is 0.0341. The van der Waals surface area contributed by atoms with E-state index < -0.39 is 0 Å². The Kier molecular flexibility index (Phi) is 8.13. The van der Waals surface area contributed by atoms with Crippen LogP contribution < -0.4 is 15.4 Å². The molecule has 0 spiro atoms.